The minimum absolute atomic E-state index is 0.161. The molecule has 0 radical (unpaired) electrons. The summed E-state index contributed by atoms with van der Waals surface area (Å²) in [6.45, 7) is 3.55. The third-order valence-corrected chi connectivity index (χ3v) is 5.21. The minimum Gasteiger partial charge on any atom is -0.326 e. The lowest BCUT2D eigenvalue weighted by molar-refractivity contribution is -0.116. The van der Waals surface area contributed by atoms with Crippen LogP contribution in [-0.2, 0) is 14.8 Å². The normalized spacial score (nSPS) is 11.2. The van der Waals surface area contributed by atoms with Gasteiger partial charge in [0.2, 0.25) is 5.91 Å². The first kappa shape index (κ1) is 19.2. The number of carbonyl (C=O) groups excluding carboxylic acids is 1. The quantitative estimate of drug-likeness (QED) is 0.778. The maximum Gasteiger partial charge on any atom is 0.264 e. The van der Waals surface area contributed by atoms with Gasteiger partial charge < -0.3 is 5.32 Å². The third-order valence-electron chi connectivity index (χ3n) is 3.53. The van der Waals surface area contributed by atoms with Crippen LogP contribution in [0.15, 0.2) is 41.3 Å². The van der Waals surface area contributed by atoms with E-state index in [1.165, 1.54) is 18.2 Å². The van der Waals surface area contributed by atoms with Crippen LogP contribution in [0, 0.1) is 12.7 Å². The standard InChI is InChI=1S/C17H18ClFN2O3S/c1-3-6-16(22)20-13-8-5-9-14(11(13)2)21-25(23,24)15-10-4-7-12(18)17(15)19/h4-5,7-10,21H,3,6H2,1-2H3,(H,20,22). The Morgan fingerprint density at radius 3 is 2.48 bits per heavy atom. The number of hydrogen-bond donors (Lipinski definition) is 2. The average Bonchev–Trinajstić information content (AvgIpc) is 2.54. The zero-order valence-corrected chi connectivity index (χ0v) is 15.3. The maximum absolute atomic E-state index is 14.0. The Bertz CT molecular complexity index is 901. The van der Waals surface area contributed by atoms with E-state index < -0.39 is 20.7 Å². The Labute approximate surface area is 151 Å². The van der Waals surface area contributed by atoms with Gasteiger partial charge in [-0.2, -0.15) is 0 Å². The van der Waals surface area contributed by atoms with E-state index in [0.29, 0.717) is 24.1 Å². The Kier molecular flexibility index (Phi) is 6.02. The molecule has 0 saturated heterocycles. The van der Waals surface area contributed by atoms with E-state index in [2.05, 4.69) is 10.0 Å². The molecule has 8 heteroatoms. The van der Waals surface area contributed by atoms with Crippen molar-refractivity contribution in [1.29, 1.82) is 0 Å². The fourth-order valence-corrected chi connectivity index (χ4v) is 3.67. The van der Waals surface area contributed by atoms with Crippen LogP contribution in [0.2, 0.25) is 5.02 Å². The van der Waals surface area contributed by atoms with Crippen LogP contribution in [0.5, 0.6) is 0 Å². The number of anilines is 2. The van der Waals surface area contributed by atoms with E-state index in [4.69, 9.17) is 11.6 Å². The summed E-state index contributed by atoms with van der Waals surface area (Å²) in [5, 5.41) is 2.45. The SMILES string of the molecule is CCCC(=O)Nc1cccc(NS(=O)(=O)c2cccc(Cl)c2F)c1C. The van der Waals surface area contributed by atoms with Crippen molar-refractivity contribution in [1.82, 2.24) is 0 Å². The van der Waals surface area contributed by atoms with Crippen LogP contribution in [-0.4, -0.2) is 14.3 Å². The summed E-state index contributed by atoms with van der Waals surface area (Å²) in [4.78, 5) is 11.2. The van der Waals surface area contributed by atoms with Crippen LogP contribution < -0.4 is 10.0 Å². The van der Waals surface area contributed by atoms with Gasteiger partial charge in [-0.05, 0) is 43.2 Å². The summed E-state index contributed by atoms with van der Waals surface area (Å²) in [5.74, 6) is -1.17. The van der Waals surface area contributed by atoms with Crippen molar-refractivity contribution in [2.75, 3.05) is 10.0 Å². The lowest BCUT2D eigenvalue weighted by Crippen LogP contribution is -2.17. The largest absolute Gasteiger partial charge is 0.326 e. The molecule has 0 spiro atoms. The second-order valence-corrected chi connectivity index (χ2v) is 7.49. The maximum atomic E-state index is 14.0. The van der Waals surface area contributed by atoms with E-state index in [1.54, 1.807) is 19.1 Å². The minimum atomic E-state index is -4.17. The molecule has 0 aliphatic rings. The van der Waals surface area contributed by atoms with Gasteiger partial charge >= 0.3 is 0 Å². The summed E-state index contributed by atoms with van der Waals surface area (Å²) >= 11 is 5.65. The third kappa shape index (κ3) is 4.49. The Hall–Kier alpha value is -2.12. The number of benzene rings is 2. The Balaban J connectivity index is 2.34. The summed E-state index contributed by atoms with van der Waals surface area (Å²) in [6, 6.07) is 8.55. The first-order chi connectivity index (χ1) is 11.8. The molecule has 0 aliphatic heterocycles. The van der Waals surface area contributed by atoms with E-state index in [1.807, 2.05) is 6.92 Å². The fraction of sp³-hybridized carbons (Fsp3) is 0.235. The zero-order valence-electron chi connectivity index (χ0n) is 13.8. The van der Waals surface area contributed by atoms with Gasteiger partial charge in [0, 0.05) is 12.1 Å². The van der Waals surface area contributed by atoms with E-state index in [0.717, 1.165) is 6.07 Å². The highest BCUT2D eigenvalue weighted by Crippen LogP contribution is 2.28. The second kappa shape index (κ2) is 7.84. The fourth-order valence-electron chi connectivity index (χ4n) is 2.21. The molecule has 0 bridgehead atoms. The first-order valence-electron chi connectivity index (χ1n) is 7.62. The monoisotopic (exact) mass is 384 g/mol. The van der Waals surface area contributed by atoms with E-state index in [-0.39, 0.29) is 16.6 Å². The average molecular weight is 385 g/mol. The van der Waals surface area contributed by atoms with Crippen molar-refractivity contribution in [3.05, 3.63) is 52.8 Å². The number of amides is 1. The topological polar surface area (TPSA) is 75.3 Å². The lowest BCUT2D eigenvalue weighted by Gasteiger charge is -2.15. The van der Waals surface area contributed by atoms with Crippen molar-refractivity contribution in [3.8, 4) is 0 Å². The summed E-state index contributed by atoms with van der Waals surface area (Å²) in [7, 11) is -4.17. The summed E-state index contributed by atoms with van der Waals surface area (Å²) in [5.41, 5.74) is 1.26. The van der Waals surface area contributed by atoms with Crippen molar-refractivity contribution >= 4 is 38.9 Å². The number of carbonyl (C=O) groups is 1. The molecule has 1 amide bonds. The predicted octanol–water partition coefficient (Wildman–Crippen LogP) is 4.33. The van der Waals surface area contributed by atoms with Crippen molar-refractivity contribution in [2.24, 2.45) is 0 Å². The summed E-state index contributed by atoms with van der Waals surface area (Å²) in [6.07, 6.45) is 1.06. The highest BCUT2D eigenvalue weighted by Gasteiger charge is 2.22. The number of halogens is 2. The molecular formula is C17H18ClFN2O3S. The smallest absolute Gasteiger partial charge is 0.264 e. The molecule has 2 aromatic rings. The number of rotatable bonds is 6. The number of hydrogen-bond acceptors (Lipinski definition) is 3. The summed E-state index contributed by atoms with van der Waals surface area (Å²) < 4.78 is 41.3. The highest BCUT2D eigenvalue weighted by molar-refractivity contribution is 7.92. The predicted molar refractivity (Wildman–Crippen MR) is 96.9 cm³/mol. The van der Waals surface area contributed by atoms with Crippen LogP contribution >= 0.6 is 11.6 Å². The Morgan fingerprint density at radius 1 is 1.16 bits per heavy atom. The molecule has 25 heavy (non-hydrogen) atoms. The Morgan fingerprint density at radius 2 is 1.80 bits per heavy atom. The molecule has 134 valence electrons. The molecule has 2 N–H and O–H groups in total. The van der Waals surface area contributed by atoms with Gasteiger partial charge in [0.05, 0.1) is 10.7 Å². The van der Waals surface area contributed by atoms with Gasteiger partial charge in [-0.3, -0.25) is 9.52 Å². The highest BCUT2D eigenvalue weighted by atomic mass is 35.5. The molecule has 0 fully saturated rings. The van der Waals surface area contributed by atoms with Gasteiger partial charge in [-0.1, -0.05) is 30.7 Å². The molecule has 0 heterocycles. The van der Waals surface area contributed by atoms with Crippen molar-refractivity contribution in [2.45, 2.75) is 31.6 Å². The van der Waals surface area contributed by atoms with Crippen LogP contribution in [0.25, 0.3) is 0 Å². The molecule has 0 saturated carbocycles. The molecule has 0 atom stereocenters. The van der Waals surface area contributed by atoms with E-state index in [9.17, 15) is 17.6 Å². The molecule has 0 aliphatic carbocycles. The van der Waals surface area contributed by atoms with Gasteiger partial charge in [0.1, 0.15) is 4.90 Å². The van der Waals surface area contributed by atoms with Crippen LogP contribution in [0.3, 0.4) is 0 Å². The van der Waals surface area contributed by atoms with Gasteiger partial charge in [-0.25, -0.2) is 12.8 Å². The van der Waals surface area contributed by atoms with Crippen LogP contribution in [0.4, 0.5) is 15.8 Å². The van der Waals surface area contributed by atoms with Gasteiger partial charge in [0.25, 0.3) is 10.0 Å². The second-order valence-electron chi connectivity index (χ2n) is 5.43. The molecule has 5 nitrogen and oxygen atoms in total. The van der Waals surface area contributed by atoms with Gasteiger partial charge in [0.15, 0.2) is 5.82 Å². The molecule has 0 aromatic heterocycles. The van der Waals surface area contributed by atoms with Gasteiger partial charge in [-0.15, -0.1) is 0 Å². The first-order valence-corrected chi connectivity index (χ1v) is 9.48. The van der Waals surface area contributed by atoms with Crippen molar-refractivity contribution < 1.29 is 17.6 Å². The zero-order chi connectivity index (χ0) is 18.6. The van der Waals surface area contributed by atoms with E-state index >= 15 is 0 Å². The molecule has 0 unspecified atom stereocenters. The van der Waals surface area contributed by atoms with Crippen molar-refractivity contribution in [3.63, 3.8) is 0 Å². The molecule has 2 rings (SSSR count). The number of nitrogens with one attached hydrogen (secondary N) is 2. The molecular weight excluding hydrogens is 367 g/mol. The number of sulfonamides is 1. The van der Waals surface area contributed by atoms with Crippen LogP contribution in [0.1, 0.15) is 25.3 Å². The lowest BCUT2D eigenvalue weighted by atomic mass is 10.1. The molecule has 2 aromatic carbocycles.